The number of ether oxygens (including phenoxy) is 2. The number of rotatable bonds is 12. The molecule has 4 aliphatic heterocycles. The summed E-state index contributed by atoms with van der Waals surface area (Å²) in [5, 5.41) is 42.0. The van der Waals surface area contributed by atoms with Crippen LogP contribution in [-0.2, 0) is 33.4 Å². The molecule has 19 heteroatoms. The number of fused-ring (bicyclic) bond motifs is 2. The fourth-order valence-electron chi connectivity index (χ4n) is 7.64. The molecule has 6 atom stereocenters. The van der Waals surface area contributed by atoms with Crippen LogP contribution in [0.1, 0.15) is 72.4 Å². The standard InChI is InChI=1S/C24H31N3O7.C18H21N3O5.Na/c1-6-25-23(32)26-15-9-7-14(8-10-15)16-11-17-18(13(2)28)20(29)27(17)19(16)21(30)33-12-34-22(31)24(3,4)5;1-3-19-18(26)20-11-6-4-10(5-7-11)12-8-13-14(9(2)22)16(23)21(13)15(12)17(24)25;/h7-10,13,17-18,28H,6,11-12H2,1-5H3,(H2,25,26,32);4-7,9,13-14,22H,3,8H2,1-2H3,(H,24,25)(H2,19,20,26);/q;;+1/p-1/t13-,17-,18-;9-,13-,14-;/m11./s1. The van der Waals surface area contributed by atoms with Crippen LogP contribution in [0.5, 0.6) is 0 Å². The molecule has 322 valence electrons. The largest absolute Gasteiger partial charge is 1.00 e. The Morgan fingerprint density at radius 2 is 1.11 bits per heavy atom. The third-order valence-electron chi connectivity index (χ3n) is 10.5. The monoisotopic (exact) mass is 854 g/mol. The van der Waals surface area contributed by atoms with Gasteiger partial charge in [-0.1, -0.05) is 24.3 Å². The van der Waals surface area contributed by atoms with Gasteiger partial charge in [0.25, 0.3) is 0 Å². The smallest absolute Gasteiger partial charge is 0.543 e. The molecule has 0 radical (unpaired) electrons. The van der Waals surface area contributed by atoms with Gasteiger partial charge in [0, 0.05) is 24.5 Å². The number of benzene rings is 2. The van der Waals surface area contributed by atoms with Crippen LogP contribution < -0.4 is 55.9 Å². The fraction of sp³-hybridized carbons (Fsp3) is 0.452. The van der Waals surface area contributed by atoms with Crippen LogP contribution in [0.3, 0.4) is 0 Å². The predicted molar refractivity (Wildman–Crippen MR) is 214 cm³/mol. The summed E-state index contributed by atoms with van der Waals surface area (Å²) in [6, 6.07) is 12.2. The summed E-state index contributed by atoms with van der Waals surface area (Å²) in [5.41, 5.74) is 2.70. The third kappa shape index (κ3) is 10.4. The van der Waals surface area contributed by atoms with Crippen LogP contribution in [0.15, 0.2) is 59.9 Å². The molecule has 2 aromatic carbocycles. The quantitative estimate of drug-likeness (QED) is 0.0661. The van der Waals surface area contributed by atoms with Crippen molar-refractivity contribution >= 4 is 64.3 Å². The first-order valence-corrected chi connectivity index (χ1v) is 19.6. The normalized spacial score (nSPS) is 20.9. The average Bonchev–Trinajstić information content (AvgIpc) is 3.69. The summed E-state index contributed by atoms with van der Waals surface area (Å²) >= 11 is 0. The first kappa shape index (κ1) is 48.4. The SMILES string of the molecule is CCNC(=O)Nc1ccc(C2=C(C(=O)OCOC(=O)C(C)(C)C)N3C(=O)[C@H]([C@@H](C)O)[C@H]3C2)cc1.CCNC(=O)Nc1ccc(C2=C(C(=O)[O-])N3C(=O)[C@H]([C@@H](C)O)[C@H]3C2)cc1.[Na+]. The number of aliphatic hydroxyl groups excluding tert-OH is 2. The Bertz CT molecular complexity index is 2100. The molecule has 0 aliphatic carbocycles. The minimum Gasteiger partial charge on any atom is -0.543 e. The van der Waals surface area contributed by atoms with Crippen molar-refractivity contribution in [1.82, 2.24) is 20.4 Å². The van der Waals surface area contributed by atoms with Crippen molar-refractivity contribution in [2.45, 2.75) is 85.6 Å². The van der Waals surface area contributed by atoms with Gasteiger partial charge >= 0.3 is 53.6 Å². The van der Waals surface area contributed by atoms with Gasteiger partial charge in [-0.15, -0.1) is 0 Å². The summed E-state index contributed by atoms with van der Waals surface area (Å²) in [5.74, 6) is -4.69. The fourth-order valence-corrected chi connectivity index (χ4v) is 7.64. The third-order valence-corrected chi connectivity index (χ3v) is 10.5. The zero-order valence-corrected chi connectivity index (χ0v) is 37.5. The summed E-state index contributed by atoms with van der Waals surface area (Å²) in [4.78, 5) is 87.3. The van der Waals surface area contributed by atoms with E-state index in [4.69, 9.17) is 9.47 Å². The number of carboxylic acids is 1. The van der Waals surface area contributed by atoms with E-state index >= 15 is 0 Å². The van der Waals surface area contributed by atoms with E-state index in [9.17, 15) is 48.9 Å². The van der Waals surface area contributed by atoms with E-state index in [0.717, 1.165) is 0 Å². The number of hydrogen-bond acceptors (Lipinski definition) is 12. The Morgan fingerprint density at radius 1 is 0.721 bits per heavy atom. The van der Waals surface area contributed by atoms with Gasteiger partial charge in [-0.05, 0) is 108 Å². The molecule has 2 saturated heterocycles. The zero-order chi connectivity index (χ0) is 44.2. The van der Waals surface area contributed by atoms with Gasteiger partial charge in [0.05, 0.1) is 53.2 Å². The summed E-state index contributed by atoms with van der Waals surface area (Å²) in [7, 11) is 0. The molecule has 0 saturated carbocycles. The van der Waals surface area contributed by atoms with Crippen LogP contribution >= 0.6 is 0 Å². The van der Waals surface area contributed by atoms with Crippen LogP contribution in [0.2, 0.25) is 0 Å². The summed E-state index contributed by atoms with van der Waals surface area (Å²) < 4.78 is 10.2. The van der Waals surface area contributed by atoms with Gasteiger partial charge in [-0.3, -0.25) is 14.4 Å². The molecule has 4 heterocycles. The molecule has 0 bridgehead atoms. The molecular weight excluding hydrogens is 803 g/mol. The molecule has 4 aliphatic rings. The average molecular weight is 855 g/mol. The topological polar surface area (TPSA) is 256 Å². The number of nitrogens with zero attached hydrogens (tertiary/aromatic N) is 2. The van der Waals surface area contributed by atoms with Gasteiger partial charge < -0.3 is 60.7 Å². The van der Waals surface area contributed by atoms with Gasteiger partial charge in [0.2, 0.25) is 18.6 Å². The second kappa shape index (κ2) is 20.1. The Labute approximate surface area is 375 Å². The van der Waals surface area contributed by atoms with E-state index < -0.39 is 60.1 Å². The summed E-state index contributed by atoms with van der Waals surface area (Å²) in [6.45, 7) is 12.1. The van der Waals surface area contributed by atoms with E-state index in [1.807, 2.05) is 13.8 Å². The second-order valence-electron chi connectivity index (χ2n) is 15.8. The van der Waals surface area contributed by atoms with Crippen LogP contribution in [0.25, 0.3) is 11.1 Å². The molecule has 0 unspecified atom stereocenters. The molecular formula is C42H51N6NaO12. The number of hydrogen-bond donors (Lipinski definition) is 6. The number of aliphatic hydroxyl groups is 2. The number of nitrogens with one attached hydrogen (secondary N) is 4. The first-order valence-electron chi connectivity index (χ1n) is 19.6. The first-order chi connectivity index (χ1) is 28.3. The van der Waals surface area contributed by atoms with Crippen molar-refractivity contribution in [3.8, 4) is 0 Å². The number of amides is 6. The molecule has 0 spiro atoms. The van der Waals surface area contributed by atoms with Crippen molar-refractivity contribution in [1.29, 1.82) is 0 Å². The number of carbonyl (C=O) groups is 7. The molecule has 61 heavy (non-hydrogen) atoms. The Morgan fingerprint density at radius 3 is 1.48 bits per heavy atom. The van der Waals surface area contributed by atoms with Crippen molar-refractivity contribution in [3.05, 3.63) is 71.1 Å². The van der Waals surface area contributed by atoms with Gasteiger partial charge in [0.15, 0.2) is 0 Å². The molecule has 6 amide bonds. The maximum Gasteiger partial charge on any atom is 1.00 e. The number of carbonyl (C=O) groups excluding carboxylic acids is 7. The maximum atomic E-state index is 13.0. The number of esters is 2. The summed E-state index contributed by atoms with van der Waals surface area (Å²) in [6.07, 6.45) is -0.999. The van der Waals surface area contributed by atoms with E-state index in [-0.39, 0.29) is 71.0 Å². The molecule has 18 nitrogen and oxygen atoms in total. The van der Waals surface area contributed by atoms with E-state index in [1.165, 1.54) is 16.7 Å². The Balaban J connectivity index is 0.000000273. The molecule has 6 rings (SSSR count). The zero-order valence-electron chi connectivity index (χ0n) is 35.5. The van der Waals surface area contributed by atoms with Gasteiger partial charge in [-0.25, -0.2) is 14.4 Å². The minimum atomic E-state index is -1.41. The van der Waals surface area contributed by atoms with Crippen molar-refractivity contribution in [2.75, 3.05) is 30.5 Å². The van der Waals surface area contributed by atoms with Crippen molar-refractivity contribution in [2.24, 2.45) is 17.3 Å². The number of urea groups is 2. The van der Waals surface area contributed by atoms with E-state index in [2.05, 4.69) is 21.3 Å². The molecule has 6 N–H and O–H groups in total. The molecule has 2 fully saturated rings. The van der Waals surface area contributed by atoms with Gasteiger partial charge in [-0.2, -0.15) is 0 Å². The van der Waals surface area contributed by atoms with E-state index in [1.54, 1.807) is 76.2 Å². The second-order valence-corrected chi connectivity index (χ2v) is 15.8. The minimum absolute atomic E-state index is 0. The van der Waals surface area contributed by atoms with Crippen LogP contribution in [-0.4, -0.2) is 106 Å². The number of aliphatic carboxylic acids is 1. The van der Waals surface area contributed by atoms with Crippen LogP contribution in [0.4, 0.5) is 21.0 Å². The van der Waals surface area contributed by atoms with Gasteiger partial charge in [0.1, 0.15) is 5.70 Å². The number of carboxylic acid groups (broad SMARTS) is 1. The molecule has 0 aromatic heterocycles. The Hall–Kier alpha value is -5.27. The van der Waals surface area contributed by atoms with Crippen LogP contribution in [0, 0.1) is 17.3 Å². The van der Waals surface area contributed by atoms with Crippen molar-refractivity contribution < 1.29 is 87.9 Å². The number of β-lactam (4-membered cyclic amide) rings is 2. The molecule has 2 aromatic rings. The Kier molecular flexibility index (Phi) is 15.9. The predicted octanol–water partition coefficient (Wildman–Crippen LogP) is -0.855. The maximum absolute atomic E-state index is 13.0. The van der Waals surface area contributed by atoms with Crippen molar-refractivity contribution in [3.63, 3.8) is 0 Å². The number of anilines is 2. The van der Waals surface area contributed by atoms with E-state index in [0.29, 0.717) is 59.6 Å².